The zero-order valence-electron chi connectivity index (χ0n) is 14.1. The Morgan fingerprint density at radius 2 is 2.23 bits per heavy atom. The topological polar surface area (TPSA) is 54.7 Å². The first kappa shape index (κ1) is 16.9. The lowest BCUT2D eigenvalue weighted by molar-refractivity contribution is 0.0234. The van der Waals surface area contributed by atoms with Gasteiger partial charge in [0.25, 0.3) is 0 Å². The molecule has 1 aromatic heterocycles. The second kappa shape index (κ2) is 7.18. The van der Waals surface area contributed by atoms with Crippen LogP contribution in [0.5, 0.6) is 0 Å². The van der Waals surface area contributed by atoms with Crippen LogP contribution >= 0.6 is 0 Å². The summed E-state index contributed by atoms with van der Waals surface area (Å²) in [6, 6.07) is 4.55. The van der Waals surface area contributed by atoms with Gasteiger partial charge in [-0.05, 0) is 52.7 Å². The van der Waals surface area contributed by atoms with Crippen molar-refractivity contribution in [2.75, 3.05) is 13.1 Å². The quantitative estimate of drug-likeness (QED) is 0.840. The van der Waals surface area contributed by atoms with E-state index in [0.717, 1.165) is 31.6 Å². The molecule has 5 heteroatoms. The molecule has 0 bridgehead atoms. The Kier molecular flexibility index (Phi) is 5.51. The summed E-state index contributed by atoms with van der Waals surface area (Å²) in [5.74, 6) is 0.978. The van der Waals surface area contributed by atoms with E-state index in [1.807, 2.05) is 37.8 Å². The van der Waals surface area contributed by atoms with Gasteiger partial charge in [0.05, 0.1) is 6.26 Å². The monoisotopic (exact) mass is 308 g/mol. The minimum atomic E-state index is -0.440. The second-order valence-electron chi connectivity index (χ2n) is 7.04. The van der Waals surface area contributed by atoms with Gasteiger partial charge in [0.2, 0.25) is 0 Å². The van der Waals surface area contributed by atoms with Crippen molar-refractivity contribution < 1.29 is 13.9 Å². The first-order chi connectivity index (χ1) is 10.3. The van der Waals surface area contributed by atoms with Crippen molar-refractivity contribution in [1.82, 2.24) is 10.2 Å². The number of hydrogen-bond acceptors (Lipinski definition) is 4. The summed E-state index contributed by atoms with van der Waals surface area (Å²) >= 11 is 0. The predicted molar refractivity (Wildman–Crippen MR) is 85.8 cm³/mol. The first-order valence-corrected chi connectivity index (χ1v) is 8.10. The summed E-state index contributed by atoms with van der Waals surface area (Å²) in [5, 5.41) is 3.44. The van der Waals surface area contributed by atoms with Crippen molar-refractivity contribution in [3.05, 3.63) is 24.2 Å². The molecule has 1 heterocycles. The molecule has 0 saturated heterocycles. The lowest BCUT2D eigenvalue weighted by Gasteiger charge is -2.28. The number of rotatable bonds is 7. The van der Waals surface area contributed by atoms with Crippen LogP contribution in [0.3, 0.4) is 0 Å². The maximum Gasteiger partial charge on any atom is 0.410 e. The number of carbonyl (C=O) groups is 1. The molecule has 1 aliphatic carbocycles. The highest BCUT2D eigenvalue weighted by atomic mass is 16.6. The van der Waals surface area contributed by atoms with E-state index >= 15 is 0 Å². The van der Waals surface area contributed by atoms with Crippen molar-refractivity contribution in [1.29, 1.82) is 0 Å². The molecule has 0 aliphatic heterocycles. The van der Waals surface area contributed by atoms with E-state index in [1.165, 1.54) is 0 Å². The molecule has 1 fully saturated rings. The number of nitrogens with zero attached hydrogens (tertiary/aromatic N) is 1. The van der Waals surface area contributed by atoms with E-state index in [9.17, 15) is 4.79 Å². The van der Waals surface area contributed by atoms with Crippen LogP contribution in [0.25, 0.3) is 0 Å². The molecule has 0 radical (unpaired) electrons. The lowest BCUT2D eigenvalue weighted by atomic mass is 10.2. The van der Waals surface area contributed by atoms with Crippen LogP contribution in [-0.4, -0.2) is 41.8 Å². The molecular formula is C17H28N2O3. The molecule has 1 amide bonds. The van der Waals surface area contributed by atoms with Gasteiger partial charge in [-0.3, -0.25) is 0 Å². The second-order valence-corrected chi connectivity index (χ2v) is 7.04. The van der Waals surface area contributed by atoms with E-state index < -0.39 is 5.60 Å². The van der Waals surface area contributed by atoms with Crippen LogP contribution in [-0.2, 0) is 11.2 Å². The number of carbonyl (C=O) groups excluding carboxylic acids is 1. The van der Waals surface area contributed by atoms with Crippen LogP contribution in [0.15, 0.2) is 22.8 Å². The molecule has 124 valence electrons. The molecule has 1 saturated carbocycles. The van der Waals surface area contributed by atoms with Crippen LogP contribution < -0.4 is 5.32 Å². The highest BCUT2D eigenvalue weighted by Crippen LogP contribution is 2.28. The Hall–Kier alpha value is -1.49. The summed E-state index contributed by atoms with van der Waals surface area (Å²) < 4.78 is 10.8. The third kappa shape index (κ3) is 5.72. The van der Waals surface area contributed by atoms with Gasteiger partial charge in [-0.25, -0.2) is 4.79 Å². The van der Waals surface area contributed by atoms with E-state index in [4.69, 9.17) is 9.15 Å². The highest BCUT2D eigenvalue weighted by molar-refractivity contribution is 5.69. The molecule has 2 rings (SSSR count). The predicted octanol–water partition coefficient (Wildman–Crippen LogP) is 3.20. The number of amides is 1. The Balaban J connectivity index is 1.73. The largest absolute Gasteiger partial charge is 0.469 e. The van der Waals surface area contributed by atoms with Crippen LogP contribution in [0.2, 0.25) is 0 Å². The lowest BCUT2D eigenvalue weighted by Crippen LogP contribution is -2.43. The van der Waals surface area contributed by atoms with Gasteiger partial charge in [0, 0.05) is 31.6 Å². The number of nitrogens with one attached hydrogen (secondary N) is 1. The first-order valence-electron chi connectivity index (χ1n) is 8.10. The zero-order valence-corrected chi connectivity index (χ0v) is 14.1. The average molecular weight is 308 g/mol. The van der Waals surface area contributed by atoms with Gasteiger partial charge >= 0.3 is 6.09 Å². The third-order valence-corrected chi connectivity index (χ3v) is 3.55. The maximum atomic E-state index is 12.2. The summed E-state index contributed by atoms with van der Waals surface area (Å²) in [7, 11) is 0. The van der Waals surface area contributed by atoms with Gasteiger partial charge in [-0.1, -0.05) is 0 Å². The minimum Gasteiger partial charge on any atom is -0.469 e. The fourth-order valence-electron chi connectivity index (χ4n) is 2.36. The van der Waals surface area contributed by atoms with Crippen LogP contribution in [0.1, 0.15) is 46.3 Å². The molecule has 1 aromatic rings. The maximum absolute atomic E-state index is 12.2. The smallest absolute Gasteiger partial charge is 0.410 e. The minimum absolute atomic E-state index is 0.199. The molecule has 22 heavy (non-hydrogen) atoms. The van der Waals surface area contributed by atoms with E-state index in [1.54, 1.807) is 6.26 Å². The standard InChI is InChI=1S/C17H28N2O3/c1-13(12-15-6-5-11-21-15)18-9-10-19(14-7-8-14)16(20)22-17(2,3)4/h5-6,11,13-14,18H,7-10,12H2,1-4H3. The molecule has 5 nitrogen and oxygen atoms in total. The third-order valence-electron chi connectivity index (χ3n) is 3.55. The van der Waals surface area contributed by atoms with E-state index in [2.05, 4.69) is 12.2 Å². The van der Waals surface area contributed by atoms with Gasteiger partial charge < -0.3 is 19.4 Å². The Bertz CT molecular complexity index is 461. The van der Waals surface area contributed by atoms with Gasteiger partial charge in [0.15, 0.2) is 0 Å². The Labute approximate surface area is 133 Å². The molecule has 0 spiro atoms. The van der Waals surface area contributed by atoms with Crippen LogP contribution in [0.4, 0.5) is 4.79 Å². The number of hydrogen-bond donors (Lipinski definition) is 1. The van der Waals surface area contributed by atoms with Gasteiger partial charge in [0.1, 0.15) is 11.4 Å². The Morgan fingerprint density at radius 1 is 1.50 bits per heavy atom. The van der Waals surface area contributed by atoms with Crippen molar-refractivity contribution in [3.8, 4) is 0 Å². The van der Waals surface area contributed by atoms with Crippen molar-refractivity contribution >= 4 is 6.09 Å². The highest BCUT2D eigenvalue weighted by Gasteiger charge is 2.34. The number of ether oxygens (including phenoxy) is 1. The average Bonchev–Trinajstić information content (AvgIpc) is 3.10. The van der Waals surface area contributed by atoms with E-state index in [-0.39, 0.29) is 6.09 Å². The van der Waals surface area contributed by atoms with Crippen LogP contribution in [0, 0.1) is 0 Å². The summed E-state index contributed by atoms with van der Waals surface area (Å²) in [4.78, 5) is 14.1. The van der Waals surface area contributed by atoms with Crippen molar-refractivity contribution in [3.63, 3.8) is 0 Å². The van der Waals surface area contributed by atoms with Gasteiger partial charge in [-0.15, -0.1) is 0 Å². The molecular weight excluding hydrogens is 280 g/mol. The normalized spacial score (nSPS) is 16.4. The molecule has 0 aromatic carbocycles. The molecule has 1 unspecified atom stereocenters. The fourth-order valence-corrected chi connectivity index (χ4v) is 2.36. The van der Waals surface area contributed by atoms with Crippen molar-refractivity contribution in [2.45, 2.75) is 64.6 Å². The summed E-state index contributed by atoms with van der Waals surface area (Å²) in [6.45, 7) is 9.27. The summed E-state index contributed by atoms with van der Waals surface area (Å²) in [6.07, 6.45) is 4.51. The number of furan rings is 1. The molecule has 1 atom stereocenters. The molecule has 1 aliphatic rings. The van der Waals surface area contributed by atoms with Crippen molar-refractivity contribution in [2.24, 2.45) is 0 Å². The Morgan fingerprint density at radius 3 is 2.77 bits per heavy atom. The molecule has 1 N–H and O–H groups in total. The SMILES string of the molecule is CC(Cc1ccco1)NCCN(C(=O)OC(C)(C)C)C1CC1. The fraction of sp³-hybridized carbons (Fsp3) is 0.706. The van der Waals surface area contributed by atoms with Gasteiger partial charge in [-0.2, -0.15) is 0 Å². The zero-order chi connectivity index (χ0) is 16.2. The summed E-state index contributed by atoms with van der Waals surface area (Å²) in [5.41, 5.74) is -0.440. The van der Waals surface area contributed by atoms with E-state index in [0.29, 0.717) is 18.6 Å².